The molecule has 0 atom stereocenters. The van der Waals surface area contributed by atoms with Crippen LogP contribution in [0.15, 0.2) is 84.9 Å². The maximum absolute atomic E-state index is 12.0. The Morgan fingerprint density at radius 3 is 1.86 bits per heavy atom. The minimum atomic E-state index is -0.00124. The van der Waals surface area contributed by atoms with Gasteiger partial charge in [-0.3, -0.25) is 4.79 Å². The highest BCUT2D eigenvalue weighted by Crippen LogP contribution is 2.21. The lowest BCUT2D eigenvalue weighted by Gasteiger charge is -2.07. The number of benzene rings is 3. The van der Waals surface area contributed by atoms with Crippen LogP contribution in [0.3, 0.4) is 0 Å². The number of anilines is 1. The second kappa shape index (κ2) is 6.72. The number of hydrogen-bond acceptors (Lipinski definition) is 1. The van der Waals surface area contributed by atoms with Gasteiger partial charge in [0.25, 0.3) is 0 Å². The summed E-state index contributed by atoms with van der Waals surface area (Å²) in [6.07, 6.45) is 0.390. The maximum atomic E-state index is 12.0. The molecule has 108 valence electrons. The van der Waals surface area contributed by atoms with Crippen molar-refractivity contribution in [3.05, 3.63) is 90.5 Å². The van der Waals surface area contributed by atoms with Crippen molar-refractivity contribution in [2.45, 2.75) is 6.42 Å². The van der Waals surface area contributed by atoms with Gasteiger partial charge in [-0.1, -0.05) is 72.8 Å². The highest BCUT2D eigenvalue weighted by Gasteiger charge is 2.04. The molecule has 1 N–H and O–H groups in total. The Hall–Kier alpha value is -2.87. The summed E-state index contributed by atoms with van der Waals surface area (Å²) in [5.74, 6) is -0.00124. The molecular weight excluding hydrogens is 270 g/mol. The van der Waals surface area contributed by atoms with Crippen LogP contribution in [-0.4, -0.2) is 5.91 Å². The molecule has 0 unspecified atom stereocenters. The molecule has 0 aliphatic heterocycles. The Balaban J connectivity index is 1.65. The third-order valence-corrected chi connectivity index (χ3v) is 3.48. The van der Waals surface area contributed by atoms with Gasteiger partial charge in [-0.25, -0.2) is 0 Å². The van der Waals surface area contributed by atoms with Crippen LogP contribution in [0.4, 0.5) is 5.69 Å². The molecule has 0 fully saturated rings. The second-order valence-electron chi connectivity index (χ2n) is 5.15. The largest absolute Gasteiger partial charge is 0.326 e. The second-order valence-corrected chi connectivity index (χ2v) is 5.15. The van der Waals surface area contributed by atoms with E-state index < -0.39 is 0 Å². The van der Waals surface area contributed by atoms with Gasteiger partial charge in [0.1, 0.15) is 0 Å². The fourth-order valence-electron chi connectivity index (χ4n) is 2.36. The van der Waals surface area contributed by atoms with E-state index in [1.165, 1.54) is 5.56 Å². The van der Waals surface area contributed by atoms with Crippen molar-refractivity contribution >= 4 is 11.6 Å². The van der Waals surface area contributed by atoms with Crippen molar-refractivity contribution in [3.8, 4) is 11.1 Å². The summed E-state index contributed by atoms with van der Waals surface area (Å²) in [7, 11) is 0. The highest BCUT2D eigenvalue weighted by molar-refractivity contribution is 5.92. The Kier molecular flexibility index (Phi) is 4.30. The molecule has 0 bridgehead atoms. The summed E-state index contributed by atoms with van der Waals surface area (Å²) < 4.78 is 0. The number of rotatable bonds is 4. The van der Waals surface area contributed by atoms with Crippen molar-refractivity contribution in [1.29, 1.82) is 0 Å². The standard InChI is InChI=1S/C20H17NO/c22-20(15-16-7-3-1-4-8-16)21-19-13-11-18(12-14-19)17-9-5-2-6-10-17/h1-14H,15H2,(H,21,22). The molecule has 22 heavy (non-hydrogen) atoms. The first-order chi connectivity index (χ1) is 10.8. The van der Waals surface area contributed by atoms with Gasteiger partial charge in [0.15, 0.2) is 0 Å². The molecule has 3 aromatic rings. The molecule has 0 saturated carbocycles. The van der Waals surface area contributed by atoms with E-state index in [2.05, 4.69) is 17.4 Å². The summed E-state index contributed by atoms with van der Waals surface area (Å²) in [6.45, 7) is 0. The number of hydrogen-bond donors (Lipinski definition) is 1. The van der Waals surface area contributed by atoms with E-state index in [1.807, 2.05) is 72.8 Å². The van der Waals surface area contributed by atoms with Gasteiger partial charge in [0.2, 0.25) is 5.91 Å². The Morgan fingerprint density at radius 2 is 1.23 bits per heavy atom. The summed E-state index contributed by atoms with van der Waals surface area (Å²) >= 11 is 0. The van der Waals surface area contributed by atoms with Gasteiger partial charge >= 0.3 is 0 Å². The Labute approximate surface area is 130 Å². The van der Waals surface area contributed by atoms with Gasteiger partial charge in [-0.05, 0) is 28.8 Å². The van der Waals surface area contributed by atoms with E-state index in [0.717, 1.165) is 16.8 Å². The van der Waals surface area contributed by atoms with Gasteiger partial charge < -0.3 is 5.32 Å². The van der Waals surface area contributed by atoms with Crippen molar-refractivity contribution in [3.63, 3.8) is 0 Å². The van der Waals surface area contributed by atoms with E-state index in [9.17, 15) is 4.79 Å². The summed E-state index contributed by atoms with van der Waals surface area (Å²) in [4.78, 5) is 12.0. The van der Waals surface area contributed by atoms with Gasteiger partial charge in [0.05, 0.1) is 6.42 Å². The van der Waals surface area contributed by atoms with E-state index >= 15 is 0 Å². The van der Waals surface area contributed by atoms with Gasteiger partial charge in [-0.2, -0.15) is 0 Å². The van der Waals surface area contributed by atoms with Crippen molar-refractivity contribution in [1.82, 2.24) is 0 Å². The van der Waals surface area contributed by atoms with Crippen molar-refractivity contribution < 1.29 is 4.79 Å². The van der Waals surface area contributed by atoms with Crippen LogP contribution in [0.2, 0.25) is 0 Å². The predicted octanol–water partition coefficient (Wildman–Crippen LogP) is 4.53. The fourth-order valence-corrected chi connectivity index (χ4v) is 2.36. The third kappa shape index (κ3) is 3.61. The molecular formula is C20H17NO. The zero-order valence-electron chi connectivity index (χ0n) is 12.2. The van der Waals surface area contributed by atoms with E-state index in [-0.39, 0.29) is 5.91 Å². The number of amides is 1. The molecule has 3 aromatic carbocycles. The molecule has 0 aliphatic carbocycles. The van der Waals surface area contributed by atoms with Crippen LogP contribution in [0, 0.1) is 0 Å². The molecule has 0 aliphatic rings. The van der Waals surface area contributed by atoms with E-state index in [0.29, 0.717) is 6.42 Å². The molecule has 2 nitrogen and oxygen atoms in total. The molecule has 1 amide bonds. The number of carbonyl (C=O) groups excluding carboxylic acids is 1. The normalized spacial score (nSPS) is 10.2. The monoisotopic (exact) mass is 287 g/mol. The first-order valence-corrected chi connectivity index (χ1v) is 7.30. The average molecular weight is 287 g/mol. The van der Waals surface area contributed by atoms with Crippen molar-refractivity contribution in [2.75, 3.05) is 5.32 Å². The quantitative estimate of drug-likeness (QED) is 0.750. The van der Waals surface area contributed by atoms with Crippen LogP contribution in [0.1, 0.15) is 5.56 Å². The lowest BCUT2D eigenvalue weighted by Crippen LogP contribution is -2.14. The smallest absolute Gasteiger partial charge is 0.228 e. The minimum Gasteiger partial charge on any atom is -0.326 e. The van der Waals surface area contributed by atoms with Crippen LogP contribution in [-0.2, 0) is 11.2 Å². The maximum Gasteiger partial charge on any atom is 0.228 e. The zero-order chi connectivity index (χ0) is 15.2. The number of nitrogens with one attached hydrogen (secondary N) is 1. The SMILES string of the molecule is O=C(Cc1ccccc1)Nc1ccc(-c2ccccc2)cc1. The fraction of sp³-hybridized carbons (Fsp3) is 0.0500. The predicted molar refractivity (Wildman–Crippen MR) is 90.7 cm³/mol. The third-order valence-electron chi connectivity index (χ3n) is 3.48. The van der Waals surface area contributed by atoms with Crippen LogP contribution in [0.25, 0.3) is 11.1 Å². The Morgan fingerprint density at radius 1 is 0.682 bits per heavy atom. The van der Waals surface area contributed by atoms with Crippen LogP contribution >= 0.6 is 0 Å². The van der Waals surface area contributed by atoms with Crippen molar-refractivity contribution in [2.24, 2.45) is 0 Å². The molecule has 2 heteroatoms. The molecule has 0 aromatic heterocycles. The van der Waals surface area contributed by atoms with Crippen LogP contribution in [0.5, 0.6) is 0 Å². The Bertz CT molecular complexity index is 734. The zero-order valence-corrected chi connectivity index (χ0v) is 12.2. The highest BCUT2D eigenvalue weighted by atomic mass is 16.1. The average Bonchev–Trinajstić information content (AvgIpc) is 2.57. The molecule has 0 heterocycles. The first-order valence-electron chi connectivity index (χ1n) is 7.30. The molecule has 0 spiro atoms. The molecule has 0 saturated heterocycles. The first kappa shape index (κ1) is 14.1. The summed E-state index contributed by atoms with van der Waals surface area (Å²) in [6, 6.07) is 27.8. The molecule has 3 rings (SSSR count). The summed E-state index contributed by atoms with van der Waals surface area (Å²) in [5.41, 5.74) is 4.15. The molecule has 0 radical (unpaired) electrons. The topological polar surface area (TPSA) is 29.1 Å². The van der Waals surface area contributed by atoms with Gasteiger partial charge in [-0.15, -0.1) is 0 Å². The number of carbonyl (C=O) groups is 1. The van der Waals surface area contributed by atoms with E-state index in [1.54, 1.807) is 0 Å². The van der Waals surface area contributed by atoms with E-state index in [4.69, 9.17) is 0 Å². The van der Waals surface area contributed by atoms with Crippen LogP contribution < -0.4 is 5.32 Å². The van der Waals surface area contributed by atoms with Gasteiger partial charge in [0, 0.05) is 5.69 Å². The summed E-state index contributed by atoms with van der Waals surface area (Å²) in [5, 5.41) is 2.93. The lowest BCUT2D eigenvalue weighted by molar-refractivity contribution is -0.115. The minimum absolute atomic E-state index is 0.00124. The lowest BCUT2D eigenvalue weighted by atomic mass is 10.1.